The highest BCUT2D eigenvalue weighted by atomic mass is 32.1. The third kappa shape index (κ3) is 2.32. The molecule has 0 aliphatic carbocycles. The molecule has 3 saturated heterocycles. The van der Waals surface area contributed by atoms with E-state index in [4.69, 9.17) is 0 Å². The van der Waals surface area contributed by atoms with Crippen LogP contribution in [-0.4, -0.2) is 41.5 Å². The van der Waals surface area contributed by atoms with E-state index in [9.17, 15) is 9.18 Å². The molecule has 21 heavy (non-hydrogen) atoms. The molecule has 110 valence electrons. The number of pyridine rings is 1. The molecule has 0 saturated carbocycles. The molecule has 0 spiro atoms. The number of carbonyl (C=O) groups excluding carboxylic acids is 1. The number of carbonyl (C=O) groups is 1. The minimum atomic E-state index is -0.283. The van der Waals surface area contributed by atoms with Crippen molar-refractivity contribution in [1.82, 2.24) is 15.2 Å². The molecule has 1 unspecified atom stereocenters. The van der Waals surface area contributed by atoms with E-state index in [-0.39, 0.29) is 17.8 Å². The summed E-state index contributed by atoms with van der Waals surface area (Å²) in [5, 5.41) is 5.01. The van der Waals surface area contributed by atoms with E-state index in [2.05, 4.69) is 15.2 Å². The standard InChI is InChI=1S/C15H16FN3OS/c16-11-8-21-14-6-17-12(5-10(11)14)15(20)18-13-7-19-3-1-9(13)2-4-19/h5-6,8-9,13H,1-4,7H2,(H,18,20). The highest BCUT2D eigenvalue weighted by Crippen LogP contribution is 2.28. The molecule has 1 amide bonds. The Morgan fingerprint density at radius 3 is 2.95 bits per heavy atom. The summed E-state index contributed by atoms with van der Waals surface area (Å²) in [7, 11) is 0. The molecule has 2 bridgehead atoms. The first-order valence-corrected chi connectivity index (χ1v) is 8.14. The van der Waals surface area contributed by atoms with Crippen LogP contribution < -0.4 is 5.32 Å². The number of fused-ring (bicyclic) bond motifs is 4. The van der Waals surface area contributed by atoms with Crippen molar-refractivity contribution in [3.8, 4) is 0 Å². The minimum absolute atomic E-state index is 0.193. The number of nitrogens with one attached hydrogen (secondary N) is 1. The van der Waals surface area contributed by atoms with Gasteiger partial charge in [0.25, 0.3) is 5.91 Å². The predicted octanol–water partition coefficient (Wildman–Crippen LogP) is 2.26. The maximum absolute atomic E-state index is 13.6. The van der Waals surface area contributed by atoms with Gasteiger partial charge in [0.05, 0.1) is 4.70 Å². The fraction of sp³-hybridized carbons (Fsp3) is 0.467. The number of rotatable bonds is 2. The number of nitrogens with zero attached hydrogens (tertiary/aromatic N) is 2. The van der Waals surface area contributed by atoms with E-state index in [0.29, 0.717) is 17.0 Å². The first-order chi connectivity index (χ1) is 10.2. The summed E-state index contributed by atoms with van der Waals surface area (Å²) in [6.07, 6.45) is 3.88. The molecule has 0 radical (unpaired) electrons. The molecule has 5 rings (SSSR count). The Bertz CT molecular complexity index is 693. The monoisotopic (exact) mass is 305 g/mol. The van der Waals surface area contributed by atoms with Gasteiger partial charge in [0.15, 0.2) is 0 Å². The second-order valence-corrected chi connectivity index (χ2v) is 6.78. The lowest BCUT2D eigenvalue weighted by atomic mass is 9.84. The number of hydrogen-bond donors (Lipinski definition) is 1. The zero-order chi connectivity index (χ0) is 14.4. The third-order valence-corrected chi connectivity index (χ3v) is 5.52. The zero-order valence-electron chi connectivity index (χ0n) is 11.5. The summed E-state index contributed by atoms with van der Waals surface area (Å²) >= 11 is 1.30. The molecule has 3 fully saturated rings. The summed E-state index contributed by atoms with van der Waals surface area (Å²) < 4.78 is 14.4. The van der Waals surface area contributed by atoms with Gasteiger partial charge in [-0.1, -0.05) is 0 Å². The maximum Gasteiger partial charge on any atom is 0.270 e. The fourth-order valence-corrected chi connectivity index (χ4v) is 4.15. The summed E-state index contributed by atoms with van der Waals surface area (Å²) in [6.45, 7) is 3.20. The van der Waals surface area contributed by atoms with Crippen LogP contribution >= 0.6 is 11.3 Å². The number of hydrogen-bond acceptors (Lipinski definition) is 4. The van der Waals surface area contributed by atoms with Crippen molar-refractivity contribution in [3.05, 3.63) is 29.2 Å². The van der Waals surface area contributed by atoms with Crippen LogP contribution in [-0.2, 0) is 0 Å². The first-order valence-electron chi connectivity index (χ1n) is 7.26. The van der Waals surface area contributed by atoms with Crippen molar-refractivity contribution in [2.75, 3.05) is 19.6 Å². The average Bonchev–Trinajstić information content (AvgIpc) is 2.89. The molecule has 1 atom stereocenters. The largest absolute Gasteiger partial charge is 0.346 e. The normalized spacial score (nSPS) is 28.0. The van der Waals surface area contributed by atoms with Crippen molar-refractivity contribution in [2.45, 2.75) is 18.9 Å². The first kappa shape index (κ1) is 13.2. The number of aromatic nitrogens is 1. The highest BCUT2D eigenvalue weighted by molar-refractivity contribution is 7.17. The molecule has 0 aromatic carbocycles. The second-order valence-electron chi connectivity index (χ2n) is 5.87. The summed E-state index contributed by atoms with van der Waals surface area (Å²) in [6, 6.07) is 1.75. The summed E-state index contributed by atoms with van der Waals surface area (Å²) in [5.41, 5.74) is 0.302. The molecule has 4 nitrogen and oxygen atoms in total. The second kappa shape index (κ2) is 5.03. The lowest BCUT2D eigenvalue weighted by Gasteiger charge is -2.44. The Kier molecular flexibility index (Phi) is 3.15. The fourth-order valence-electron chi connectivity index (χ4n) is 3.40. The molecule has 6 heteroatoms. The van der Waals surface area contributed by atoms with Gasteiger partial charge in [-0.15, -0.1) is 11.3 Å². The highest BCUT2D eigenvalue weighted by Gasteiger charge is 2.35. The molecular formula is C15H16FN3OS. The molecule has 3 aliphatic heterocycles. The molecular weight excluding hydrogens is 289 g/mol. The number of piperidine rings is 3. The Morgan fingerprint density at radius 2 is 2.24 bits per heavy atom. The van der Waals surface area contributed by atoms with E-state index in [0.717, 1.165) is 37.2 Å². The van der Waals surface area contributed by atoms with Gasteiger partial charge in [0.2, 0.25) is 0 Å². The van der Waals surface area contributed by atoms with Crippen molar-refractivity contribution in [3.63, 3.8) is 0 Å². The predicted molar refractivity (Wildman–Crippen MR) is 80.0 cm³/mol. The van der Waals surface area contributed by atoms with Crippen LogP contribution in [0.25, 0.3) is 10.1 Å². The van der Waals surface area contributed by atoms with Crippen LogP contribution in [0.1, 0.15) is 23.3 Å². The SMILES string of the molecule is O=C(NC1CN2CCC1CC2)c1cc2c(F)csc2cn1. The smallest absolute Gasteiger partial charge is 0.270 e. The van der Waals surface area contributed by atoms with Gasteiger partial charge >= 0.3 is 0 Å². The number of amides is 1. The maximum atomic E-state index is 13.6. The van der Waals surface area contributed by atoms with Crippen molar-refractivity contribution in [2.24, 2.45) is 5.92 Å². The van der Waals surface area contributed by atoms with Crippen LogP contribution in [0, 0.1) is 11.7 Å². The zero-order valence-corrected chi connectivity index (χ0v) is 12.3. The quantitative estimate of drug-likeness (QED) is 0.925. The van der Waals surface area contributed by atoms with Crippen LogP contribution in [0.4, 0.5) is 4.39 Å². The molecule has 3 aliphatic rings. The third-order valence-electron chi connectivity index (χ3n) is 4.62. The van der Waals surface area contributed by atoms with E-state index in [1.165, 1.54) is 16.7 Å². The Morgan fingerprint density at radius 1 is 1.43 bits per heavy atom. The molecule has 1 N–H and O–H groups in total. The molecule has 2 aromatic rings. The van der Waals surface area contributed by atoms with Gasteiger partial charge in [-0.25, -0.2) is 9.37 Å². The van der Waals surface area contributed by atoms with Crippen molar-refractivity contribution < 1.29 is 9.18 Å². The topological polar surface area (TPSA) is 45.2 Å². The van der Waals surface area contributed by atoms with E-state index < -0.39 is 0 Å². The van der Waals surface area contributed by atoms with Crippen LogP contribution in [0.5, 0.6) is 0 Å². The van der Waals surface area contributed by atoms with Gasteiger partial charge in [-0.2, -0.15) is 0 Å². The van der Waals surface area contributed by atoms with Crippen molar-refractivity contribution >= 4 is 27.3 Å². The van der Waals surface area contributed by atoms with Gasteiger partial charge in [0, 0.05) is 29.5 Å². The van der Waals surface area contributed by atoms with Gasteiger partial charge in [-0.3, -0.25) is 4.79 Å². The summed E-state index contributed by atoms with van der Waals surface area (Å²) in [4.78, 5) is 18.9. The van der Waals surface area contributed by atoms with Crippen LogP contribution in [0.2, 0.25) is 0 Å². The van der Waals surface area contributed by atoms with Crippen molar-refractivity contribution in [1.29, 1.82) is 0 Å². The van der Waals surface area contributed by atoms with E-state index in [1.807, 2.05) is 0 Å². The Balaban J connectivity index is 1.54. The van der Waals surface area contributed by atoms with Crippen LogP contribution in [0.3, 0.4) is 0 Å². The van der Waals surface area contributed by atoms with E-state index >= 15 is 0 Å². The molecule has 5 heterocycles. The number of thiophene rings is 1. The van der Waals surface area contributed by atoms with Gasteiger partial charge in [-0.05, 0) is 37.9 Å². The average molecular weight is 305 g/mol. The Labute approximate surface area is 126 Å². The Hall–Kier alpha value is -1.53. The van der Waals surface area contributed by atoms with Gasteiger partial charge < -0.3 is 10.2 Å². The molecule has 2 aromatic heterocycles. The minimum Gasteiger partial charge on any atom is -0.346 e. The lowest BCUT2D eigenvalue weighted by molar-refractivity contribution is 0.0618. The van der Waals surface area contributed by atoms with E-state index in [1.54, 1.807) is 12.3 Å². The number of halogens is 1. The summed E-state index contributed by atoms with van der Waals surface area (Å²) in [5.74, 6) is 0.0936. The van der Waals surface area contributed by atoms with Gasteiger partial charge in [0.1, 0.15) is 11.5 Å². The van der Waals surface area contributed by atoms with Crippen LogP contribution in [0.15, 0.2) is 17.6 Å². The lowest BCUT2D eigenvalue weighted by Crippen LogP contribution is -2.57.